The Bertz CT molecular complexity index is 986. The molecule has 1 fully saturated rings. The Kier molecular flexibility index (Phi) is 4.22. The first-order chi connectivity index (χ1) is 12.8. The molecule has 1 atom stereocenters. The Labute approximate surface area is 152 Å². The summed E-state index contributed by atoms with van der Waals surface area (Å²) in [4.78, 5) is 2.21. The standard InChI is InChI=1S/C17H17F3N6O/c1-25-6-2-3-11(9-25)26-16-14(22-24-26)8-13(21-23-16)12-5-4-10(7-15(12)27)17(18,19)20/h4-5,7-8,11,27H,2-3,6,9H2,1H3/t11-/m1/s1. The second-order valence-corrected chi connectivity index (χ2v) is 6.76. The number of aromatic hydroxyl groups is 1. The number of halogens is 3. The Morgan fingerprint density at radius 1 is 1.15 bits per heavy atom. The monoisotopic (exact) mass is 378 g/mol. The van der Waals surface area contributed by atoms with Crippen LogP contribution in [0, 0.1) is 0 Å². The maximum absolute atomic E-state index is 12.8. The van der Waals surface area contributed by atoms with Crippen molar-refractivity contribution in [2.24, 2.45) is 0 Å². The molecule has 1 saturated heterocycles. The first-order valence-electron chi connectivity index (χ1n) is 8.50. The van der Waals surface area contributed by atoms with Crippen LogP contribution in [0.3, 0.4) is 0 Å². The molecule has 0 spiro atoms. The van der Waals surface area contributed by atoms with Crippen LogP contribution in [0.2, 0.25) is 0 Å². The molecular weight excluding hydrogens is 361 g/mol. The zero-order chi connectivity index (χ0) is 19.2. The molecule has 10 heteroatoms. The molecule has 3 heterocycles. The summed E-state index contributed by atoms with van der Waals surface area (Å²) in [5.41, 5.74) is 0.467. The predicted octanol–water partition coefficient (Wildman–Crippen LogP) is 2.88. The summed E-state index contributed by atoms with van der Waals surface area (Å²) in [5.74, 6) is -0.514. The number of nitrogens with zero attached hydrogens (tertiary/aromatic N) is 6. The van der Waals surface area contributed by atoms with Gasteiger partial charge < -0.3 is 10.0 Å². The van der Waals surface area contributed by atoms with E-state index in [0.29, 0.717) is 17.2 Å². The number of phenolic OH excluding ortho intramolecular Hbond substituents is 1. The topological polar surface area (TPSA) is 80.0 Å². The van der Waals surface area contributed by atoms with Gasteiger partial charge in [-0.3, -0.25) is 0 Å². The highest BCUT2D eigenvalue weighted by atomic mass is 19.4. The van der Waals surface area contributed by atoms with Gasteiger partial charge in [0, 0.05) is 12.1 Å². The fourth-order valence-corrected chi connectivity index (χ4v) is 3.39. The molecule has 1 aliphatic rings. The molecular formula is C17H17F3N6O. The van der Waals surface area contributed by atoms with Crippen molar-refractivity contribution in [2.75, 3.05) is 20.1 Å². The minimum absolute atomic E-state index is 0.147. The third kappa shape index (κ3) is 3.32. The Hall–Kier alpha value is -2.75. The number of benzene rings is 1. The first kappa shape index (κ1) is 17.7. The van der Waals surface area contributed by atoms with Gasteiger partial charge in [-0.2, -0.15) is 13.2 Å². The van der Waals surface area contributed by atoms with E-state index in [0.717, 1.165) is 32.0 Å². The number of piperidine rings is 1. The maximum atomic E-state index is 12.8. The number of phenols is 1. The van der Waals surface area contributed by atoms with Crippen molar-refractivity contribution in [3.63, 3.8) is 0 Å². The van der Waals surface area contributed by atoms with Crippen molar-refractivity contribution in [3.05, 3.63) is 29.8 Å². The van der Waals surface area contributed by atoms with Gasteiger partial charge in [0.05, 0.1) is 17.3 Å². The molecule has 0 saturated carbocycles. The van der Waals surface area contributed by atoms with E-state index in [1.807, 2.05) is 7.05 Å². The van der Waals surface area contributed by atoms with Crippen LogP contribution >= 0.6 is 0 Å². The summed E-state index contributed by atoms with van der Waals surface area (Å²) < 4.78 is 40.0. The highest BCUT2D eigenvalue weighted by Gasteiger charge is 2.31. The lowest BCUT2D eigenvalue weighted by molar-refractivity contribution is -0.137. The molecule has 2 aromatic heterocycles. The minimum Gasteiger partial charge on any atom is -0.507 e. The van der Waals surface area contributed by atoms with Crippen LogP contribution in [0.1, 0.15) is 24.4 Å². The van der Waals surface area contributed by atoms with E-state index in [9.17, 15) is 18.3 Å². The molecule has 0 radical (unpaired) electrons. The van der Waals surface area contributed by atoms with E-state index in [2.05, 4.69) is 25.4 Å². The summed E-state index contributed by atoms with van der Waals surface area (Å²) in [6, 6.07) is 4.47. The van der Waals surface area contributed by atoms with E-state index in [1.54, 1.807) is 10.7 Å². The minimum atomic E-state index is -4.53. The average molecular weight is 378 g/mol. The molecule has 1 aliphatic heterocycles. The van der Waals surface area contributed by atoms with Crippen LogP contribution in [0.5, 0.6) is 5.75 Å². The van der Waals surface area contributed by atoms with Crippen molar-refractivity contribution in [1.29, 1.82) is 0 Å². The second-order valence-electron chi connectivity index (χ2n) is 6.76. The molecule has 7 nitrogen and oxygen atoms in total. The molecule has 0 bridgehead atoms. The first-order valence-corrected chi connectivity index (χ1v) is 8.50. The quantitative estimate of drug-likeness (QED) is 0.739. The predicted molar refractivity (Wildman–Crippen MR) is 91.0 cm³/mol. The fourth-order valence-electron chi connectivity index (χ4n) is 3.39. The SMILES string of the molecule is CN1CCC[C@@H](n2nnc3cc(-c4ccc(C(F)(F)F)cc4O)nnc32)C1. The lowest BCUT2D eigenvalue weighted by atomic mass is 10.1. The van der Waals surface area contributed by atoms with Crippen LogP contribution in [0.4, 0.5) is 13.2 Å². The summed E-state index contributed by atoms with van der Waals surface area (Å²) in [5, 5.41) is 26.5. The molecule has 1 aromatic carbocycles. The number of likely N-dealkylation sites (tertiary alicyclic amines) is 1. The highest BCUT2D eigenvalue weighted by Crippen LogP contribution is 2.36. The lowest BCUT2D eigenvalue weighted by Gasteiger charge is -2.29. The van der Waals surface area contributed by atoms with E-state index < -0.39 is 17.5 Å². The molecule has 142 valence electrons. The van der Waals surface area contributed by atoms with Crippen LogP contribution in [0.25, 0.3) is 22.4 Å². The highest BCUT2D eigenvalue weighted by molar-refractivity contribution is 5.77. The third-order valence-electron chi connectivity index (χ3n) is 4.77. The molecule has 0 unspecified atom stereocenters. The van der Waals surface area contributed by atoms with E-state index in [4.69, 9.17) is 0 Å². The largest absolute Gasteiger partial charge is 0.507 e. The van der Waals surface area contributed by atoms with Gasteiger partial charge in [0.2, 0.25) is 5.65 Å². The number of alkyl halides is 3. The molecule has 3 aromatic rings. The third-order valence-corrected chi connectivity index (χ3v) is 4.77. The van der Waals surface area contributed by atoms with E-state index >= 15 is 0 Å². The van der Waals surface area contributed by atoms with Gasteiger partial charge in [0.1, 0.15) is 11.3 Å². The lowest BCUT2D eigenvalue weighted by Crippen LogP contribution is -2.34. The van der Waals surface area contributed by atoms with Crippen molar-refractivity contribution in [3.8, 4) is 17.0 Å². The van der Waals surface area contributed by atoms with Crippen LogP contribution < -0.4 is 0 Å². The van der Waals surface area contributed by atoms with Gasteiger partial charge in [-0.15, -0.1) is 15.3 Å². The number of hydrogen-bond donors (Lipinski definition) is 1. The zero-order valence-corrected chi connectivity index (χ0v) is 14.5. The zero-order valence-electron chi connectivity index (χ0n) is 14.5. The summed E-state index contributed by atoms with van der Waals surface area (Å²) >= 11 is 0. The molecule has 0 aliphatic carbocycles. The van der Waals surface area contributed by atoms with Crippen molar-refractivity contribution < 1.29 is 18.3 Å². The van der Waals surface area contributed by atoms with Crippen molar-refractivity contribution in [1.82, 2.24) is 30.1 Å². The van der Waals surface area contributed by atoms with Crippen molar-refractivity contribution in [2.45, 2.75) is 25.1 Å². The smallest absolute Gasteiger partial charge is 0.416 e. The maximum Gasteiger partial charge on any atom is 0.416 e. The normalized spacial score (nSPS) is 18.9. The number of fused-ring (bicyclic) bond motifs is 1. The summed E-state index contributed by atoms with van der Waals surface area (Å²) in [6.07, 6.45) is -2.51. The van der Waals surface area contributed by atoms with Gasteiger partial charge in [0.25, 0.3) is 0 Å². The molecule has 0 amide bonds. The Morgan fingerprint density at radius 2 is 1.96 bits per heavy atom. The molecule has 4 rings (SSSR count). The summed E-state index contributed by atoms with van der Waals surface area (Å²) in [7, 11) is 2.04. The van der Waals surface area contributed by atoms with E-state index in [1.165, 1.54) is 6.07 Å². The molecule has 27 heavy (non-hydrogen) atoms. The van der Waals surface area contributed by atoms with E-state index in [-0.39, 0.29) is 17.3 Å². The van der Waals surface area contributed by atoms with Crippen LogP contribution in [-0.2, 0) is 6.18 Å². The Morgan fingerprint density at radius 3 is 2.67 bits per heavy atom. The average Bonchev–Trinajstić information content (AvgIpc) is 3.04. The number of aromatic nitrogens is 5. The number of likely N-dealkylation sites (N-methyl/N-ethyl adjacent to an activating group) is 1. The summed E-state index contributed by atoms with van der Waals surface area (Å²) in [6.45, 7) is 1.87. The molecule has 1 N–H and O–H groups in total. The van der Waals surface area contributed by atoms with Gasteiger partial charge in [-0.1, -0.05) is 5.21 Å². The van der Waals surface area contributed by atoms with Crippen LogP contribution in [0.15, 0.2) is 24.3 Å². The van der Waals surface area contributed by atoms with Gasteiger partial charge in [0.15, 0.2) is 0 Å². The second kappa shape index (κ2) is 6.45. The van der Waals surface area contributed by atoms with Crippen LogP contribution in [-0.4, -0.2) is 55.3 Å². The fraction of sp³-hybridized carbons (Fsp3) is 0.412. The van der Waals surface area contributed by atoms with Crippen molar-refractivity contribution >= 4 is 11.2 Å². The number of hydrogen-bond acceptors (Lipinski definition) is 6. The Balaban J connectivity index is 1.69. The van der Waals surface area contributed by atoms with Gasteiger partial charge >= 0.3 is 6.18 Å². The number of rotatable bonds is 2. The van der Waals surface area contributed by atoms with Gasteiger partial charge in [-0.25, -0.2) is 4.68 Å². The van der Waals surface area contributed by atoms with Gasteiger partial charge in [-0.05, 0) is 50.7 Å².